The second-order valence-electron chi connectivity index (χ2n) is 7.29. The van der Waals surface area contributed by atoms with E-state index in [1.54, 1.807) is 49.3 Å². The van der Waals surface area contributed by atoms with Crippen molar-refractivity contribution in [2.45, 2.75) is 39.5 Å². The number of fused-ring (bicyclic) bond motifs is 1. The smallest absolute Gasteiger partial charge is 0.364 e. The van der Waals surface area contributed by atoms with Crippen LogP contribution in [-0.2, 0) is 25.3 Å². The number of imidazole rings is 1. The van der Waals surface area contributed by atoms with Crippen LogP contribution in [0.1, 0.15) is 26.3 Å². The number of carboxylic acid groups (broad SMARTS) is 1. The van der Waals surface area contributed by atoms with E-state index in [1.165, 1.54) is 13.3 Å². The molecule has 0 saturated heterocycles. The first kappa shape index (κ1) is 24.2. The number of rotatable bonds is 11. The number of pyridine rings is 1. The van der Waals surface area contributed by atoms with Gasteiger partial charge in [0.25, 0.3) is 0 Å². The largest absolute Gasteiger partial charge is 0.480 e. The predicted octanol–water partition coefficient (Wildman–Crippen LogP) is 1.86. The van der Waals surface area contributed by atoms with Crippen molar-refractivity contribution in [1.29, 1.82) is 0 Å². The number of nitrogens with zero attached hydrogens (tertiary/aromatic N) is 6. The van der Waals surface area contributed by atoms with Crippen LogP contribution in [0.4, 0.5) is 5.82 Å². The first-order chi connectivity index (χ1) is 15.7. The normalized spacial score (nSPS) is 15.7. The molecule has 0 saturated carbocycles. The number of oxime groups is 1. The number of aromatic nitrogens is 5. The van der Waals surface area contributed by atoms with Crippen molar-refractivity contribution < 1.29 is 23.8 Å². The lowest BCUT2D eigenvalue weighted by Gasteiger charge is -2.22. The number of carboxylic acids is 1. The molecule has 0 amide bonds. The van der Waals surface area contributed by atoms with Crippen LogP contribution in [0.15, 0.2) is 42.3 Å². The zero-order valence-electron chi connectivity index (χ0n) is 18.3. The summed E-state index contributed by atoms with van der Waals surface area (Å²) in [7, 11) is -3.83. The topological polar surface area (TPSA) is 180 Å². The number of nitrogens with two attached hydrogens (primary N) is 1. The number of nitrogens with one attached hydrogen (secondary N) is 1. The summed E-state index contributed by atoms with van der Waals surface area (Å²) in [5.74, 6) is -0.927. The van der Waals surface area contributed by atoms with Crippen molar-refractivity contribution in [3.05, 3.63) is 42.7 Å². The number of hydrogen-bond acceptors (Lipinski definition) is 10. The van der Waals surface area contributed by atoms with E-state index in [4.69, 9.17) is 15.1 Å². The van der Waals surface area contributed by atoms with Gasteiger partial charge in [0, 0.05) is 18.0 Å². The first-order valence-corrected chi connectivity index (χ1v) is 11.8. The van der Waals surface area contributed by atoms with E-state index >= 15 is 0 Å². The standard InChI is InChI=1S/C19H25N8O5P/c1-12(8-27-10-24-16-17(20)22-9-23-18(16)27)31-11-33(30,26-14(3)19(28)29)32-25-13(2)15-4-6-21-7-5-15/h4-7,9-10,12,14H,8,11H2,1-3H3,(H,26,30)(H,28,29)(H2,20,22,23)/b25-13+/t12-,14+,33+/m1/s1. The molecule has 3 aromatic rings. The third kappa shape index (κ3) is 6.31. The molecule has 0 fully saturated rings. The molecule has 4 N–H and O–H groups in total. The minimum absolute atomic E-state index is 0.263. The van der Waals surface area contributed by atoms with Crippen LogP contribution in [0.2, 0.25) is 0 Å². The van der Waals surface area contributed by atoms with E-state index in [0.717, 1.165) is 0 Å². The number of aliphatic carboxylic acids is 1. The molecule has 3 aromatic heterocycles. The first-order valence-electron chi connectivity index (χ1n) is 9.95. The van der Waals surface area contributed by atoms with Crippen LogP contribution in [0, 0.1) is 0 Å². The average molecular weight is 476 g/mol. The maximum Gasteiger partial charge on any atom is 0.364 e. The molecule has 0 aliphatic heterocycles. The van der Waals surface area contributed by atoms with E-state index in [9.17, 15) is 14.5 Å². The fourth-order valence-electron chi connectivity index (χ4n) is 2.80. The number of ether oxygens (including phenoxy) is 1. The van der Waals surface area contributed by atoms with Gasteiger partial charge in [-0.25, -0.2) is 20.0 Å². The molecular weight excluding hydrogens is 451 g/mol. The summed E-state index contributed by atoms with van der Waals surface area (Å²) in [4.78, 5) is 27.5. The molecule has 0 unspecified atom stereocenters. The maximum absolute atomic E-state index is 13.3. The Kier molecular flexibility index (Phi) is 7.69. The Hall–Kier alpha value is -3.41. The molecule has 3 heterocycles. The molecule has 13 nitrogen and oxygen atoms in total. The molecule has 33 heavy (non-hydrogen) atoms. The fraction of sp³-hybridized carbons (Fsp3) is 0.368. The summed E-state index contributed by atoms with van der Waals surface area (Å²) in [5, 5.41) is 15.6. The van der Waals surface area contributed by atoms with Crippen molar-refractivity contribution in [1.82, 2.24) is 29.6 Å². The van der Waals surface area contributed by atoms with Gasteiger partial charge >= 0.3 is 13.5 Å². The molecule has 176 valence electrons. The van der Waals surface area contributed by atoms with Gasteiger partial charge in [-0.2, -0.15) is 0 Å². The zero-order valence-corrected chi connectivity index (χ0v) is 19.2. The van der Waals surface area contributed by atoms with Gasteiger partial charge in [-0.3, -0.25) is 14.3 Å². The molecule has 0 bridgehead atoms. The van der Waals surface area contributed by atoms with Gasteiger partial charge in [-0.1, -0.05) is 5.16 Å². The van der Waals surface area contributed by atoms with Crippen LogP contribution in [0.5, 0.6) is 0 Å². The van der Waals surface area contributed by atoms with E-state index in [-0.39, 0.29) is 5.82 Å². The monoisotopic (exact) mass is 476 g/mol. The minimum atomic E-state index is -3.83. The van der Waals surface area contributed by atoms with Crippen LogP contribution in [0.3, 0.4) is 0 Å². The lowest BCUT2D eigenvalue weighted by atomic mass is 10.2. The summed E-state index contributed by atoms with van der Waals surface area (Å²) in [5.41, 5.74) is 7.96. The van der Waals surface area contributed by atoms with E-state index in [0.29, 0.717) is 29.0 Å². The van der Waals surface area contributed by atoms with Gasteiger partial charge in [0.05, 0.1) is 24.7 Å². The van der Waals surface area contributed by atoms with E-state index in [1.807, 2.05) is 0 Å². The van der Waals surface area contributed by atoms with Gasteiger partial charge < -0.3 is 24.8 Å². The fourth-order valence-corrected chi connectivity index (χ4v) is 4.37. The van der Waals surface area contributed by atoms with Crippen molar-refractivity contribution in [2.24, 2.45) is 5.16 Å². The minimum Gasteiger partial charge on any atom is -0.480 e. The Morgan fingerprint density at radius 1 is 1.30 bits per heavy atom. The molecule has 0 radical (unpaired) electrons. The number of nitrogen functional groups attached to an aromatic ring is 1. The van der Waals surface area contributed by atoms with Gasteiger partial charge in [-0.15, -0.1) is 0 Å². The second-order valence-corrected chi connectivity index (χ2v) is 9.32. The lowest BCUT2D eigenvalue weighted by Crippen LogP contribution is -2.33. The molecule has 3 atom stereocenters. The highest BCUT2D eigenvalue weighted by Gasteiger charge is 2.31. The molecule has 14 heteroatoms. The highest BCUT2D eigenvalue weighted by atomic mass is 31.2. The Morgan fingerprint density at radius 2 is 2.03 bits per heavy atom. The summed E-state index contributed by atoms with van der Waals surface area (Å²) in [6.45, 7) is 5.10. The Bertz CT molecular complexity index is 1190. The highest BCUT2D eigenvalue weighted by Crippen LogP contribution is 2.44. The Morgan fingerprint density at radius 3 is 2.73 bits per heavy atom. The molecular formula is C19H25N8O5P. The number of anilines is 1. The summed E-state index contributed by atoms with van der Waals surface area (Å²) < 4.78 is 26.1. The third-order valence-electron chi connectivity index (χ3n) is 4.58. The van der Waals surface area contributed by atoms with Gasteiger partial charge in [0.1, 0.15) is 24.2 Å². The van der Waals surface area contributed by atoms with Crippen molar-refractivity contribution in [3.63, 3.8) is 0 Å². The zero-order chi connectivity index (χ0) is 24.0. The number of carbonyl (C=O) groups is 1. The van der Waals surface area contributed by atoms with Gasteiger partial charge in [-0.05, 0) is 32.9 Å². The van der Waals surface area contributed by atoms with Gasteiger partial charge in [0.15, 0.2) is 11.5 Å². The molecule has 0 aromatic carbocycles. The molecule has 0 spiro atoms. The summed E-state index contributed by atoms with van der Waals surface area (Å²) in [6.07, 6.45) is 5.19. The quantitative estimate of drug-likeness (QED) is 0.209. The van der Waals surface area contributed by atoms with Crippen molar-refractivity contribution in [3.8, 4) is 0 Å². The second kappa shape index (κ2) is 10.5. The SMILES string of the molecule is C/C(=N\O[P@@](=O)(CO[C@H](C)Cn1cnc2c(N)ncnc21)N[C@@H](C)C(=O)O)c1ccncc1. The Balaban J connectivity index is 1.70. The van der Waals surface area contributed by atoms with Crippen molar-refractivity contribution >= 4 is 36.2 Å². The maximum atomic E-state index is 13.3. The van der Waals surface area contributed by atoms with E-state index in [2.05, 4.69) is 30.2 Å². The number of hydrogen-bond donors (Lipinski definition) is 3. The third-order valence-corrected chi connectivity index (χ3v) is 6.20. The Labute approximate surface area is 189 Å². The summed E-state index contributed by atoms with van der Waals surface area (Å²) >= 11 is 0. The van der Waals surface area contributed by atoms with Crippen LogP contribution >= 0.6 is 7.52 Å². The predicted molar refractivity (Wildman–Crippen MR) is 121 cm³/mol. The molecule has 0 aliphatic carbocycles. The van der Waals surface area contributed by atoms with Crippen molar-refractivity contribution in [2.75, 3.05) is 12.1 Å². The van der Waals surface area contributed by atoms with Crippen LogP contribution in [-0.4, -0.2) is 59.8 Å². The highest BCUT2D eigenvalue weighted by molar-refractivity contribution is 7.56. The average Bonchev–Trinajstić information content (AvgIpc) is 3.21. The van der Waals surface area contributed by atoms with E-state index < -0.39 is 32.0 Å². The summed E-state index contributed by atoms with van der Waals surface area (Å²) in [6, 6.07) is 2.28. The molecule has 0 aliphatic rings. The lowest BCUT2D eigenvalue weighted by molar-refractivity contribution is -0.138. The molecule has 3 rings (SSSR count). The van der Waals surface area contributed by atoms with Crippen LogP contribution < -0.4 is 10.8 Å². The van der Waals surface area contributed by atoms with Crippen LogP contribution in [0.25, 0.3) is 11.2 Å². The van der Waals surface area contributed by atoms with Gasteiger partial charge in [0.2, 0.25) is 0 Å².